The zero-order chi connectivity index (χ0) is 12.0. The molecule has 0 aromatic heterocycles. The Morgan fingerprint density at radius 2 is 2.06 bits per heavy atom. The lowest BCUT2D eigenvalue weighted by atomic mass is 9.88. The molecule has 1 aromatic rings. The van der Waals surface area contributed by atoms with Gasteiger partial charge in [-0.25, -0.2) is 4.39 Å². The standard InChI is InChI=1S/C13H17FO2/c1-12(2)7-13(12,8-15)10-5-4-9(16-3)6-11(10)14/h4-6,15H,7-8H2,1-3H3. The van der Waals surface area contributed by atoms with Crippen molar-refractivity contribution in [3.8, 4) is 5.75 Å². The van der Waals surface area contributed by atoms with Gasteiger partial charge in [0.25, 0.3) is 0 Å². The summed E-state index contributed by atoms with van der Waals surface area (Å²) in [6.45, 7) is 4.09. The van der Waals surface area contributed by atoms with Crippen LogP contribution in [0.25, 0.3) is 0 Å². The molecule has 1 saturated carbocycles. The third-order valence-electron chi connectivity index (χ3n) is 3.88. The molecule has 88 valence electrons. The molecule has 3 heteroatoms. The summed E-state index contributed by atoms with van der Waals surface area (Å²) in [6.07, 6.45) is 0.819. The highest BCUT2D eigenvalue weighted by molar-refractivity contribution is 5.41. The van der Waals surface area contributed by atoms with Crippen LogP contribution < -0.4 is 4.74 Å². The summed E-state index contributed by atoms with van der Waals surface area (Å²) in [5.41, 5.74) is 0.154. The van der Waals surface area contributed by atoms with E-state index in [9.17, 15) is 9.50 Å². The Morgan fingerprint density at radius 3 is 2.44 bits per heavy atom. The first-order chi connectivity index (χ1) is 7.47. The minimum atomic E-state index is -0.413. The van der Waals surface area contributed by atoms with E-state index in [-0.39, 0.29) is 17.8 Å². The van der Waals surface area contributed by atoms with Crippen molar-refractivity contribution in [2.24, 2.45) is 5.41 Å². The normalized spacial score (nSPS) is 26.6. The van der Waals surface area contributed by atoms with Crippen molar-refractivity contribution in [1.82, 2.24) is 0 Å². The average Bonchev–Trinajstić information content (AvgIpc) is 2.81. The summed E-state index contributed by atoms with van der Waals surface area (Å²) >= 11 is 0. The zero-order valence-corrected chi connectivity index (χ0v) is 9.88. The Bertz CT molecular complexity index is 414. The van der Waals surface area contributed by atoms with Gasteiger partial charge in [0.05, 0.1) is 13.7 Å². The smallest absolute Gasteiger partial charge is 0.130 e. The number of rotatable bonds is 3. The number of hydrogen-bond donors (Lipinski definition) is 1. The van der Waals surface area contributed by atoms with Crippen molar-refractivity contribution in [2.75, 3.05) is 13.7 Å². The predicted molar refractivity (Wildman–Crippen MR) is 60.1 cm³/mol. The minimum Gasteiger partial charge on any atom is -0.497 e. The third-order valence-corrected chi connectivity index (χ3v) is 3.88. The highest BCUT2D eigenvalue weighted by Gasteiger charge is 2.62. The van der Waals surface area contributed by atoms with Gasteiger partial charge in [0.2, 0.25) is 0 Å². The van der Waals surface area contributed by atoms with E-state index in [0.29, 0.717) is 11.3 Å². The Kier molecular flexibility index (Phi) is 2.46. The van der Waals surface area contributed by atoms with E-state index in [2.05, 4.69) is 0 Å². The van der Waals surface area contributed by atoms with Gasteiger partial charge >= 0.3 is 0 Å². The second kappa shape index (κ2) is 3.45. The Labute approximate surface area is 95.1 Å². The van der Waals surface area contributed by atoms with Gasteiger partial charge in [0, 0.05) is 11.5 Å². The quantitative estimate of drug-likeness (QED) is 0.854. The van der Waals surface area contributed by atoms with Gasteiger partial charge in [-0.15, -0.1) is 0 Å². The number of benzene rings is 1. The largest absolute Gasteiger partial charge is 0.497 e. The number of methoxy groups -OCH3 is 1. The topological polar surface area (TPSA) is 29.5 Å². The summed E-state index contributed by atoms with van der Waals surface area (Å²) in [5, 5.41) is 9.50. The molecule has 1 aliphatic carbocycles. The highest BCUT2D eigenvalue weighted by Crippen LogP contribution is 2.64. The lowest BCUT2D eigenvalue weighted by Gasteiger charge is -2.19. The predicted octanol–water partition coefficient (Wildman–Crippen LogP) is 2.49. The van der Waals surface area contributed by atoms with Crippen LogP contribution in [-0.4, -0.2) is 18.8 Å². The molecule has 1 fully saturated rings. The van der Waals surface area contributed by atoms with Crippen LogP contribution in [0.1, 0.15) is 25.8 Å². The van der Waals surface area contributed by atoms with Crippen LogP contribution in [0.15, 0.2) is 18.2 Å². The monoisotopic (exact) mass is 224 g/mol. The molecule has 1 N–H and O–H groups in total. The van der Waals surface area contributed by atoms with Crippen LogP contribution in [-0.2, 0) is 5.41 Å². The lowest BCUT2D eigenvalue weighted by molar-refractivity contribution is 0.228. The van der Waals surface area contributed by atoms with Crippen molar-refractivity contribution in [2.45, 2.75) is 25.7 Å². The van der Waals surface area contributed by atoms with Gasteiger partial charge in [-0.2, -0.15) is 0 Å². The summed E-state index contributed by atoms with van der Waals surface area (Å²) in [6, 6.07) is 4.84. The van der Waals surface area contributed by atoms with E-state index >= 15 is 0 Å². The second-order valence-electron chi connectivity index (χ2n) is 5.15. The molecule has 1 unspecified atom stereocenters. The van der Waals surface area contributed by atoms with Gasteiger partial charge in [0.15, 0.2) is 0 Å². The van der Waals surface area contributed by atoms with E-state index in [1.165, 1.54) is 13.2 Å². The van der Waals surface area contributed by atoms with Gasteiger partial charge in [-0.1, -0.05) is 19.9 Å². The Balaban J connectivity index is 2.42. The third kappa shape index (κ3) is 1.42. The summed E-state index contributed by atoms with van der Waals surface area (Å²) in [7, 11) is 1.51. The van der Waals surface area contributed by atoms with E-state index in [0.717, 1.165) is 6.42 Å². The van der Waals surface area contributed by atoms with Crippen LogP contribution in [0.5, 0.6) is 5.75 Å². The van der Waals surface area contributed by atoms with Gasteiger partial charge in [-0.3, -0.25) is 0 Å². The first-order valence-corrected chi connectivity index (χ1v) is 5.42. The van der Waals surface area contributed by atoms with Crippen LogP contribution in [0.2, 0.25) is 0 Å². The molecular weight excluding hydrogens is 207 g/mol. The van der Waals surface area contributed by atoms with E-state index in [1.807, 2.05) is 13.8 Å². The molecule has 0 saturated heterocycles. The van der Waals surface area contributed by atoms with Crippen molar-refractivity contribution in [1.29, 1.82) is 0 Å². The first-order valence-electron chi connectivity index (χ1n) is 5.42. The molecule has 1 atom stereocenters. The summed E-state index contributed by atoms with van der Waals surface area (Å²) in [4.78, 5) is 0. The molecule has 1 aliphatic rings. The maximum atomic E-state index is 13.9. The number of ether oxygens (including phenoxy) is 1. The molecule has 0 heterocycles. The fourth-order valence-electron chi connectivity index (χ4n) is 2.54. The van der Waals surface area contributed by atoms with Crippen LogP contribution >= 0.6 is 0 Å². The average molecular weight is 224 g/mol. The van der Waals surface area contributed by atoms with Crippen LogP contribution in [0.3, 0.4) is 0 Å². The minimum absolute atomic E-state index is 0.0107. The molecule has 2 nitrogen and oxygen atoms in total. The molecule has 0 aliphatic heterocycles. The molecule has 16 heavy (non-hydrogen) atoms. The molecule has 0 amide bonds. The molecule has 0 bridgehead atoms. The van der Waals surface area contributed by atoms with Gasteiger partial charge < -0.3 is 9.84 Å². The van der Waals surface area contributed by atoms with Crippen molar-refractivity contribution >= 4 is 0 Å². The maximum absolute atomic E-state index is 13.9. The summed E-state index contributed by atoms with van der Waals surface area (Å²) in [5.74, 6) is 0.215. The van der Waals surface area contributed by atoms with E-state index in [1.54, 1.807) is 12.1 Å². The number of hydrogen-bond acceptors (Lipinski definition) is 2. The van der Waals surface area contributed by atoms with Crippen molar-refractivity contribution < 1.29 is 14.2 Å². The first kappa shape index (κ1) is 11.4. The summed E-state index contributed by atoms with van der Waals surface area (Å²) < 4.78 is 18.9. The Hall–Kier alpha value is -1.09. The maximum Gasteiger partial charge on any atom is 0.130 e. The fourth-order valence-corrected chi connectivity index (χ4v) is 2.54. The zero-order valence-electron chi connectivity index (χ0n) is 9.88. The molecule has 0 radical (unpaired) electrons. The molecule has 0 spiro atoms. The SMILES string of the molecule is COc1ccc(C2(CO)CC2(C)C)c(F)c1. The molecule has 1 aromatic carbocycles. The van der Waals surface area contributed by atoms with Crippen LogP contribution in [0.4, 0.5) is 4.39 Å². The van der Waals surface area contributed by atoms with Crippen molar-refractivity contribution in [3.05, 3.63) is 29.6 Å². The number of aliphatic hydroxyl groups excluding tert-OH is 1. The van der Waals surface area contributed by atoms with Crippen LogP contribution in [0, 0.1) is 11.2 Å². The van der Waals surface area contributed by atoms with Gasteiger partial charge in [-0.05, 0) is 23.5 Å². The van der Waals surface area contributed by atoms with Gasteiger partial charge in [0.1, 0.15) is 11.6 Å². The highest BCUT2D eigenvalue weighted by atomic mass is 19.1. The number of halogens is 1. The lowest BCUT2D eigenvalue weighted by Crippen LogP contribution is -2.20. The molecule has 2 rings (SSSR count). The van der Waals surface area contributed by atoms with E-state index in [4.69, 9.17) is 4.74 Å². The Morgan fingerprint density at radius 1 is 1.44 bits per heavy atom. The van der Waals surface area contributed by atoms with Crippen molar-refractivity contribution in [3.63, 3.8) is 0 Å². The molecular formula is C13H17FO2. The fraction of sp³-hybridized carbons (Fsp3) is 0.538. The van der Waals surface area contributed by atoms with E-state index < -0.39 is 5.41 Å². The second-order valence-corrected chi connectivity index (χ2v) is 5.15. The number of aliphatic hydroxyl groups is 1.